The number of anilines is 3. The second kappa shape index (κ2) is 7.23. The SMILES string of the molecule is COc1cc(N2CC[C@@H](N(C)C)C2)ccc1Nc1ncc(Cl)cn1. The Balaban J connectivity index is 1.77. The third-order valence-corrected chi connectivity index (χ3v) is 4.51. The number of likely N-dealkylation sites (N-methyl/N-ethyl adjacent to an activating group) is 1. The van der Waals surface area contributed by atoms with Crippen LogP contribution < -0.4 is 15.0 Å². The van der Waals surface area contributed by atoms with E-state index in [1.54, 1.807) is 19.5 Å². The Morgan fingerprint density at radius 1 is 1.29 bits per heavy atom. The molecule has 128 valence electrons. The summed E-state index contributed by atoms with van der Waals surface area (Å²) in [5.41, 5.74) is 1.99. The highest BCUT2D eigenvalue weighted by molar-refractivity contribution is 6.30. The number of hydrogen-bond acceptors (Lipinski definition) is 6. The van der Waals surface area contributed by atoms with Crippen LogP contribution in [0.4, 0.5) is 17.3 Å². The molecular weight excluding hydrogens is 326 g/mol. The number of methoxy groups -OCH3 is 1. The highest BCUT2D eigenvalue weighted by atomic mass is 35.5. The highest BCUT2D eigenvalue weighted by Crippen LogP contribution is 2.33. The number of halogens is 1. The van der Waals surface area contributed by atoms with Crippen molar-refractivity contribution in [1.29, 1.82) is 0 Å². The highest BCUT2D eigenvalue weighted by Gasteiger charge is 2.24. The maximum absolute atomic E-state index is 5.81. The molecular formula is C17H22ClN5O. The van der Waals surface area contributed by atoms with Crippen molar-refractivity contribution >= 4 is 28.9 Å². The van der Waals surface area contributed by atoms with Crippen LogP contribution in [0.2, 0.25) is 5.02 Å². The van der Waals surface area contributed by atoms with Crippen molar-refractivity contribution in [3.63, 3.8) is 0 Å². The predicted molar refractivity (Wildman–Crippen MR) is 97.6 cm³/mol. The molecule has 2 heterocycles. The van der Waals surface area contributed by atoms with E-state index in [1.807, 2.05) is 6.07 Å². The lowest BCUT2D eigenvalue weighted by Crippen LogP contribution is -2.31. The minimum atomic E-state index is 0.485. The smallest absolute Gasteiger partial charge is 0.227 e. The van der Waals surface area contributed by atoms with Gasteiger partial charge in [-0.05, 0) is 32.6 Å². The molecule has 0 bridgehead atoms. The Bertz CT molecular complexity index is 692. The fourth-order valence-corrected chi connectivity index (χ4v) is 2.97. The number of hydrogen-bond donors (Lipinski definition) is 1. The second-order valence-corrected chi connectivity index (χ2v) is 6.52. The summed E-state index contributed by atoms with van der Waals surface area (Å²) in [6.07, 6.45) is 4.29. The van der Waals surface area contributed by atoms with Crippen LogP contribution in [-0.2, 0) is 0 Å². The van der Waals surface area contributed by atoms with Crippen LogP contribution in [0.5, 0.6) is 5.75 Å². The molecule has 7 heteroatoms. The van der Waals surface area contributed by atoms with Crippen LogP contribution >= 0.6 is 11.6 Å². The Morgan fingerprint density at radius 2 is 2.04 bits per heavy atom. The van der Waals surface area contributed by atoms with Gasteiger partial charge in [-0.2, -0.15) is 0 Å². The molecule has 0 saturated carbocycles. The molecule has 0 amide bonds. The lowest BCUT2D eigenvalue weighted by atomic mass is 10.2. The largest absolute Gasteiger partial charge is 0.494 e. The first-order valence-corrected chi connectivity index (χ1v) is 8.28. The van der Waals surface area contributed by atoms with Gasteiger partial charge < -0.3 is 19.9 Å². The first kappa shape index (κ1) is 16.8. The Labute approximate surface area is 147 Å². The van der Waals surface area contributed by atoms with Gasteiger partial charge in [0.2, 0.25) is 5.95 Å². The van der Waals surface area contributed by atoms with E-state index < -0.39 is 0 Å². The van der Waals surface area contributed by atoms with E-state index in [0.717, 1.165) is 24.5 Å². The van der Waals surface area contributed by atoms with Crippen LogP contribution in [-0.4, -0.2) is 55.2 Å². The van der Waals surface area contributed by atoms with Gasteiger partial charge >= 0.3 is 0 Å². The molecule has 1 aromatic carbocycles. The van der Waals surface area contributed by atoms with Crippen molar-refractivity contribution < 1.29 is 4.74 Å². The number of ether oxygens (including phenoxy) is 1. The van der Waals surface area contributed by atoms with Crippen molar-refractivity contribution in [1.82, 2.24) is 14.9 Å². The number of aromatic nitrogens is 2. The van der Waals surface area contributed by atoms with E-state index in [4.69, 9.17) is 16.3 Å². The summed E-state index contributed by atoms with van der Waals surface area (Å²) < 4.78 is 5.53. The molecule has 0 aliphatic carbocycles. The summed E-state index contributed by atoms with van der Waals surface area (Å²) in [6.45, 7) is 2.09. The van der Waals surface area contributed by atoms with E-state index in [9.17, 15) is 0 Å². The molecule has 3 rings (SSSR count). The molecule has 6 nitrogen and oxygen atoms in total. The molecule has 0 unspecified atom stereocenters. The van der Waals surface area contributed by atoms with E-state index in [1.165, 1.54) is 12.1 Å². The first-order valence-electron chi connectivity index (χ1n) is 7.91. The van der Waals surface area contributed by atoms with Crippen LogP contribution in [0.15, 0.2) is 30.6 Å². The Kier molecular flexibility index (Phi) is 5.06. The molecule has 1 N–H and O–H groups in total. The van der Waals surface area contributed by atoms with Gasteiger partial charge in [-0.25, -0.2) is 9.97 Å². The summed E-state index contributed by atoms with van der Waals surface area (Å²) in [6, 6.07) is 6.74. The van der Waals surface area contributed by atoms with Gasteiger partial charge in [-0.3, -0.25) is 0 Å². The molecule has 1 fully saturated rings. The summed E-state index contributed by atoms with van der Waals surface area (Å²) >= 11 is 5.81. The van der Waals surface area contributed by atoms with E-state index in [2.05, 4.69) is 51.3 Å². The average Bonchev–Trinajstić information content (AvgIpc) is 3.07. The normalized spacial score (nSPS) is 17.4. The molecule has 0 spiro atoms. The molecule has 2 aromatic rings. The molecule has 1 aliphatic heterocycles. The summed E-state index contributed by atoms with van der Waals surface area (Å²) in [5.74, 6) is 1.25. The Hall–Kier alpha value is -2.05. The average molecular weight is 348 g/mol. The molecule has 0 radical (unpaired) electrons. The van der Waals surface area contributed by atoms with E-state index in [0.29, 0.717) is 17.0 Å². The van der Waals surface area contributed by atoms with Gasteiger partial charge in [0.05, 0.1) is 30.2 Å². The summed E-state index contributed by atoms with van der Waals surface area (Å²) in [7, 11) is 5.93. The van der Waals surface area contributed by atoms with Crippen LogP contribution in [0.3, 0.4) is 0 Å². The van der Waals surface area contributed by atoms with Gasteiger partial charge in [-0.15, -0.1) is 0 Å². The quantitative estimate of drug-likeness (QED) is 0.897. The first-order chi connectivity index (χ1) is 11.6. The third-order valence-electron chi connectivity index (χ3n) is 4.31. The topological polar surface area (TPSA) is 53.5 Å². The van der Waals surface area contributed by atoms with Crippen LogP contribution in [0.25, 0.3) is 0 Å². The lowest BCUT2D eigenvalue weighted by Gasteiger charge is -2.22. The molecule has 1 aromatic heterocycles. The van der Waals surface area contributed by atoms with E-state index in [-0.39, 0.29) is 0 Å². The molecule has 1 saturated heterocycles. The molecule has 24 heavy (non-hydrogen) atoms. The standard InChI is InChI=1S/C17H22ClN5O/c1-22(2)14-6-7-23(11-14)13-4-5-15(16(8-13)24-3)21-17-19-9-12(18)10-20-17/h4-5,8-10,14H,6-7,11H2,1-3H3,(H,19,20,21)/t14-/m1/s1. The van der Waals surface area contributed by atoms with Crippen molar-refractivity contribution in [2.45, 2.75) is 12.5 Å². The van der Waals surface area contributed by atoms with Crippen molar-refractivity contribution in [2.24, 2.45) is 0 Å². The number of rotatable bonds is 5. The second-order valence-electron chi connectivity index (χ2n) is 6.09. The molecule has 1 aliphatic rings. The van der Waals surface area contributed by atoms with Gasteiger partial charge in [0.15, 0.2) is 0 Å². The van der Waals surface area contributed by atoms with Crippen LogP contribution in [0, 0.1) is 0 Å². The zero-order valence-corrected chi connectivity index (χ0v) is 14.9. The zero-order valence-electron chi connectivity index (χ0n) is 14.2. The minimum absolute atomic E-state index is 0.485. The van der Waals surface area contributed by atoms with Crippen molar-refractivity contribution in [3.05, 3.63) is 35.6 Å². The van der Waals surface area contributed by atoms with Crippen LogP contribution in [0.1, 0.15) is 6.42 Å². The Morgan fingerprint density at radius 3 is 2.67 bits per heavy atom. The number of benzene rings is 1. The third kappa shape index (κ3) is 3.71. The van der Waals surface area contributed by atoms with Gasteiger partial charge in [0, 0.05) is 30.9 Å². The predicted octanol–water partition coefficient (Wildman–Crippen LogP) is 3.02. The minimum Gasteiger partial charge on any atom is -0.494 e. The van der Waals surface area contributed by atoms with Gasteiger partial charge in [-0.1, -0.05) is 11.6 Å². The fraction of sp³-hybridized carbons (Fsp3) is 0.412. The number of nitrogens with one attached hydrogen (secondary N) is 1. The van der Waals surface area contributed by atoms with E-state index >= 15 is 0 Å². The maximum atomic E-state index is 5.81. The summed E-state index contributed by atoms with van der Waals surface area (Å²) in [4.78, 5) is 13.0. The molecule has 1 atom stereocenters. The zero-order chi connectivity index (χ0) is 17.1. The number of nitrogens with zero attached hydrogens (tertiary/aromatic N) is 4. The van der Waals surface area contributed by atoms with Crippen molar-refractivity contribution in [3.8, 4) is 5.75 Å². The lowest BCUT2D eigenvalue weighted by molar-refractivity contribution is 0.315. The van der Waals surface area contributed by atoms with Gasteiger partial charge in [0.25, 0.3) is 0 Å². The maximum Gasteiger partial charge on any atom is 0.227 e. The van der Waals surface area contributed by atoms with Gasteiger partial charge in [0.1, 0.15) is 5.75 Å². The fourth-order valence-electron chi connectivity index (χ4n) is 2.87. The van der Waals surface area contributed by atoms with Crippen molar-refractivity contribution in [2.75, 3.05) is 44.5 Å². The summed E-state index contributed by atoms with van der Waals surface area (Å²) in [5, 5.41) is 3.67. The monoisotopic (exact) mass is 347 g/mol.